The predicted molar refractivity (Wildman–Crippen MR) is 99.0 cm³/mol. The normalized spacial score (nSPS) is 17.7. The molecule has 1 saturated heterocycles. The van der Waals surface area contributed by atoms with Crippen molar-refractivity contribution in [3.8, 4) is 0 Å². The Bertz CT molecular complexity index is 670. The summed E-state index contributed by atoms with van der Waals surface area (Å²) in [6, 6.07) is 3.68. The molecule has 23 heavy (non-hydrogen) atoms. The average Bonchev–Trinajstić information content (AvgIpc) is 3.18. The molecule has 4 nitrogen and oxygen atoms in total. The second-order valence-corrected chi connectivity index (χ2v) is 8.92. The van der Waals surface area contributed by atoms with E-state index in [2.05, 4.69) is 10.3 Å². The number of pyridine rings is 1. The van der Waals surface area contributed by atoms with E-state index in [0.29, 0.717) is 18.0 Å². The molecule has 1 N–H and O–H groups in total. The Morgan fingerprint density at radius 1 is 1.39 bits per heavy atom. The Morgan fingerprint density at radius 2 is 2.30 bits per heavy atom. The molecule has 1 amide bonds. The Morgan fingerprint density at radius 3 is 3.13 bits per heavy atom. The first-order valence-electron chi connectivity index (χ1n) is 7.89. The summed E-state index contributed by atoms with van der Waals surface area (Å²) in [6.07, 6.45) is 8.97. The molecule has 124 valence electrons. The quantitative estimate of drug-likeness (QED) is 0.583. The summed E-state index contributed by atoms with van der Waals surface area (Å²) < 4.78 is 1.88. The molecule has 1 aliphatic rings. The van der Waals surface area contributed by atoms with Gasteiger partial charge < -0.3 is 9.72 Å². The van der Waals surface area contributed by atoms with Crippen molar-refractivity contribution in [3.63, 3.8) is 0 Å². The molecule has 0 radical (unpaired) electrons. The summed E-state index contributed by atoms with van der Waals surface area (Å²) in [6.45, 7) is 0.466. The van der Waals surface area contributed by atoms with Gasteiger partial charge in [0.05, 0.1) is 17.3 Å². The number of nitrogens with one attached hydrogen (secondary N) is 1. The van der Waals surface area contributed by atoms with Crippen molar-refractivity contribution in [3.05, 3.63) is 35.2 Å². The molecular formula is C16H20ClN3OS2. The smallest absolute Gasteiger partial charge is 0.220 e. The highest BCUT2D eigenvalue weighted by Gasteiger charge is 2.15. The summed E-state index contributed by atoms with van der Waals surface area (Å²) >= 11 is 5.95. The van der Waals surface area contributed by atoms with Gasteiger partial charge in [-0.15, -0.1) is 0 Å². The van der Waals surface area contributed by atoms with Crippen molar-refractivity contribution < 1.29 is 4.79 Å². The first-order chi connectivity index (χ1) is 11.2. The van der Waals surface area contributed by atoms with E-state index in [0.717, 1.165) is 29.4 Å². The number of halogens is 1. The van der Waals surface area contributed by atoms with Crippen molar-refractivity contribution in [2.45, 2.75) is 43.9 Å². The van der Waals surface area contributed by atoms with E-state index in [1.807, 2.05) is 50.5 Å². The molecule has 1 unspecified atom stereocenters. The molecule has 7 heteroatoms. The van der Waals surface area contributed by atoms with E-state index >= 15 is 0 Å². The van der Waals surface area contributed by atoms with Crippen molar-refractivity contribution >= 4 is 44.7 Å². The van der Waals surface area contributed by atoms with Crippen LogP contribution in [0, 0.1) is 0 Å². The first-order valence-corrected chi connectivity index (χ1v) is 10.6. The minimum absolute atomic E-state index is 0.105. The van der Waals surface area contributed by atoms with Gasteiger partial charge in [0.1, 0.15) is 5.65 Å². The standard InChI is InChI=1S/C16H20ClN3OS2/c17-12-5-6-15-19-13(11-20(15)10-12)9-18-16(21)4-2-1-3-14-7-8-22-23-14/h5-6,10-11,14H,1-4,7-9H2,(H,18,21). The highest BCUT2D eigenvalue weighted by molar-refractivity contribution is 8.77. The molecule has 3 rings (SSSR count). The summed E-state index contributed by atoms with van der Waals surface area (Å²) in [5, 5.41) is 4.42. The van der Waals surface area contributed by atoms with Gasteiger partial charge in [-0.1, -0.05) is 39.6 Å². The van der Waals surface area contributed by atoms with E-state index in [1.165, 1.54) is 18.6 Å². The molecule has 0 aromatic carbocycles. The maximum Gasteiger partial charge on any atom is 0.220 e. The number of carbonyl (C=O) groups is 1. The number of hydrogen-bond donors (Lipinski definition) is 1. The van der Waals surface area contributed by atoms with E-state index < -0.39 is 0 Å². The van der Waals surface area contributed by atoms with Crippen LogP contribution in [-0.4, -0.2) is 26.3 Å². The maximum atomic E-state index is 11.9. The molecular weight excluding hydrogens is 350 g/mol. The number of amides is 1. The zero-order valence-corrected chi connectivity index (χ0v) is 15.2. The van der Waals surface area contributed by atoms with Gasteiger partial charge in [-0.3, -0.25) is 4.79 Å². The molecule has 0 aliphatic carbocycles. The lowest BCUT2D eigenvalue weighted by Crippen LogP contribution is -2.22. The molecule has 0 spiro atoms. The second-order valence-electron chi connectivity index (χ2n) is 5.70. The van der Waals surface area contributed by atoms with Gasteiger partial charge in [-0.2, -0.15) is 0 Å². The number of carbonyl (C=O) groups excluding carboxylic acids is 1. The zero-order chi connectivity index (χ0) is 16.1. The maximum absolute atomic E-state index is 11.9. The molecule has 1 aliphatic heterocycles. The fraction of sp³-hybridized carbons (Fsp3) is 0.500. The average molecular weight is 370 g/mol. The Kier molecular flexibility index (Phi) is 6.14. The number of rotatable bonds is 7. The monoisotopic (exact) mass is 369 g/mol. The third-order valence-corrected chi connectivity index (χ3v) is 7.07. The topological polar surface area (TPSA) is 46.4 Å². The Hall–Kier alpha value is -0.850. The van der Waals surface area contributed by atoms with Crippen LogP contribution in [-0.2, 0) is 11.3 Å². The van der Waals surface area contributed by atoms with Gasteiger partial charge in [0.2, 0.25) is 5.91 Å². The fourth-order valence-corrected chi connectivity index (χ4v) is 5.80. The van der Waals surface area contributed by atoms with Crippen LogP contribution in [0.5, 0.6) is 0 Å². The van der Waals surface area contributed by atoms with E-state index in [4.69, 9.17) is 11.6 Å². The van der Waals surface area contributed by atoms with Gasteiger partial charge >= 0.3 is 0 Å². The molecule has 3 heterocycles. The van der Waals surface area contributed by atoms with E-state index in [-0.39, 0.29) is 5.91 Å². The minimum Gasteiger partial charge on any atom is -0.350 e. The van der Waals surface area contributed by atoms with E-state index in [9.17, 15) is 4.79 Å². The summed E-state index contributed by atoms with van der Waals surface area (Å²) in [7, 11) is 3.98. The third-order valence-electron chi connectivity index (χ3n) is 3.84. The Balaban J connectivity index is 1.37. The molecule has 0 bridgehead atoms. The van der Waals surface area contributed by atoms with Crippen LogP contribution in [0.25, 0.3) is 5.65 Å². The van der Waals surface area contributed by atoms with Crippen LogP contribution >= 0.6 is 33.2 Å². The van der Waals surface area contributed by atoms with Crippen LogP contribution < -0.4 is 5.32 Å². The molecule has 1 fully saturated rings. The lowest BCUT2D eigenvalue weighted by Gasteiger charge is -2.07. The minimum atomic E-state index is 0.105. The summed E-state index contributed by atoms with van der Waals surface area (Å²) in [4.78, 5) is 16.4. The fourth-order valence-electron chi connectivity index (χ4n) is 2.60. The second kappa shape index (κ2) is 8.31. The van der Waals surface area contributed by atoms with Crippen molar-refractivity contribution in [2.75, 3.05) is 5.75 Å². The van der Waals surface area contributed by atoms with Crippen LogP contribution in [0.3, 0.4) is 0 Å². The molecule has 2 aromatic rings. The van der Waals surface area contributed by atoms with Gasteiger partial charge in [0.25, 0.3) is 0 Å². The first kappa shape index (κ1) is 17.0. The summed E-state index contributed by atoms with van der Waals surface area (Å²) in [5.41, 5.74) is 1.69. The van der Waals surface area contributed by atoms with Crippen LogP contribution in [0.1, 0.15) is 37.8 Å². The zero-order valence-electron chi connectivity index (χ0n) is 12.8. The number of unbranched alkanes of at least 4 members (excludes halogenated alkanes) is 1. The van der Waals surface area contributed by atoms with Crippen LogP contribution in [0.2, 0.25) is 5.02 Å². The largest absolute Gasteiger partial charge is 0.350 e. The SMILES string of the molecule is O=C(CCCCC1CCSS1)NCc1cn2cc(Cl)ccc2n1. The highest BCUT2D eigenvalue weighted by Crippen LogP contribution is 2.39. The predicted octanol–water partition coefficient (Wildman–Crippen LogP) is 4.32. The number of imidazole rings is 1. The number of hydrogen-bond acceptors (Lipinski definition) is 4. The number of aromatic nitrogens is 2. The van der Waals surface area contributed by atoms with Crippen LogP contribution in [0.15, 0.2) is 24.5 Å². The van der Waals surface area contributed by atoms with Crippen LogP contribution in [0.4, 0.5) is 0 Å². The van der Waals surface area contributed by atoms with Gasteiger partial charge in [-0.25, -0.2) is 4.98 Å². The van der Waals surface area contributed by atoms with E-state index in [1.54, 1.807) is 0 Å². The molecule has 0 saturated carbocycles. The van der Waals surface area contributed by atoms with Gasteiger partial charge in [-0.05, 0) is 31.4 Å². The lowest BCUT2D eigenvalue weighted by atomic mass is 10.1. The van der Waals surface area contributed by atoms with Crippen molar-refractivity contribution in [1.82, 2.24) is 14.7 Å². The van der Waals surface area contributed by atoms with Crippen molar-refractivity contribution in [1.29, 1.82) is 0 Å². The lowest BCUT2D eigenvalue weighted by molar-refractivity contribution is -0.121. The van der Waals surface area contributed by atoms with Gasteiger partial charge in [0.15, 0.2) is 0 Å². The highest BCUT2D eigenvalue weighted by atomic mass is 35.5. The Labute approximate surface area is 149 Å². The van der Waals surface area contributed by atoms with Crippen molar-refractivity contribution in [2.24, 2.45) is 0 Å². The van der Waals surface area contributed by atoms with Gasteiger partial charge in [0, 0.05) is 29.8 Å². The molecule has 2 aromatic heterocycles. The molecule has 1 atom stereocenters. The number of fused-ring (bicyclic) bond motifs is 1. The third kappa shape index (κ3) is 5.06. The number of nitrogens with zero attached hydrogens (tertiary/aromatic N) is 2. The summed E-state index contributed by atoms with van der Waals surface area (Å²) in [5.74, 6) is 1.38.